The molecule has 17 heavy (non-hydrogen) atoms. The highest BCUT2D eigenvalue weighted by Crippen LogP contribution is 2.51. The van der Waals surface area contributed by atoms with E-state index in [2.05, 4.69) is 4.98 Å². The maximum Gasteiger partial charge on any atom is 0.351 e. The van der Waals surface area contributed by atoms with Crippen LogP contribution in [0.4, 0.5) is 5.82 Å². The number of rotatable bonds is 1. The molecule has 4 atom stereocenters. The first-order chi connectivity index (χ1) is 7.93. The van der Waals surface area contributed by atoms with Crippen molar-refractivity contribution in [1.82, 2.24) is 9.55 Å². The Kier molecular flexibility index (Phi) is 1.93. The summed E-state index contributed by atoms with van der Waals surface area (Å²) in [7, 11) is 0. The Labute approximate surface area is 97.0 Å². The van der Waals surface area contributed by atoms with Crippen LogP contribution in [0.25, 0.3) is 0 Å². The molecule has 5 N–H and O–H groups in total. The smallest absolute Gasteiger partial charge is 0.351 e. The molecule has 1 aromatic rings. The lowest BCUT2D eigenvalue weighted by Gasteiger charge is -2.17. The molecular formula is C10H14N4O3. The number of aliphatic hydroxyl groups is 1. The predicted octanol–water partition coefficient (Wildman–Crippen LogP) is -1.51. The molecular weight excluding hydrogens is 224 g/mol. The van der Waals surface area contributed by atoms with Gasteiger partial charge in [0.15, 0.2) is 0 Å². The topological polar surface area (TPSA) is 116 Å². The molecule has 1 aromatic heterocycles. The molecule has 1 saturated heterocycles. The van der Waals surface area contributed by atoms with Crippen LogP contribution in [-0.4, -0.2) is 32.4 Å². The number of aliphatic hydroxyl groups excluding tert-OH is 1. The zero-order valence-electron chi connectivity index (χ0n) is 9.33. The quantitative estimate of drug-likeness (QED) is 0.548. The number of nitrogen functional groups attached to an aromatic ring is 1. The molecule has 0 aromatic carbocycles. The van der Waals surface area contributed by atoms with Gasteiger partial charge in [0.05, 0.1) is 5.54 Å². The van der Waals surface area contributed by atoms with E-state index in [1.807, 2.05) is 0 Å². The minimum atomic E-state index is -0.709. The average Bonchev–Trinajstić information content (AvgIpc) is 2.63. The van der Waals surface area contributed by atoms with Crippen LogP contribution in [0.15, 0.2) is 11.0 Å². The van der Waals surface area contributed by atoms with Crippen LogP contribution in [0.5, 0.6) is 0 Å². The maximum absolute atomic E-state index is 11.7. The lowest BCUT2D eigenvalue weighted by molar-refractivity contribution is -0.0117. The van der Waals surface area contributed by atoms with Gasteiger partial charge in [-0.2, -0.15) is 4.98 Å². The molecule has 2 fully saturated rings. The number of hydrogen-bond donors (Lipinski definition) is 3. The van der Waals surface area contributed by atoms with Crippen molar-refractivity contribution in [3.63, 3.8) is 0 Å². The Morgan fingerprint density at radius 2 is 2.41 bits per heavy atom. The Bertz CT molecular complexity index is 543. The van der Waals surface area contributed by atoms with Gasteiger partial charge in [0.25, 0.3) is 0 Å². The summed E-state index contributed by atoms with van der Waals surface area (Å²) in [6, 6.07) is 0. The van der Waals surface area contributed by atoms with E-state index < -0.39 is 23.6 Å². The summed E-state index contributed by atoms with van der Waals surface area (Å²) >= 11 is 0. The second-order valence-corrected chi connectivity index (χ2v) is 4.77. The fourth-order valence-corrected chi connectivity index (χ4v) is 2.31. The molecule has 2 aliphatic rings. The van der Waals surface area contributed by atoms with Gasteiger partial charge in [0, 0.05) is 18.2 Å². The highest BCUT2D eigenvalue weighted by Gasteiger charge is 2.69. The van der Waals surface area contributed by atoms with E-state index in [0.29, 0.717) is 12.0 Å². The van der Waals surface area contributed by atoms with Gasteiger partial charge in [-0.3, -0.25) is 4.57 Å². The lowest BCUT2D eigenvalue weighted by Crippen LogP contribution is -2.33. The third-order valence-electron chi connectivity index (χ3n) is 3.57. The van der Waals surface area contributed by atoms with Gasteiger partial charge in [0.2, 0.25) is 0 Å². The number of ether oxygens (including phenoxy) is 1. The summed E-state index contributed by atoms with van der Waals surface area (Å²) in [6.45, 7) is 1.76. The van der Waals surface area contributed by atoms with Crippen LogP contribution >= 0.6 is 0 Å². The van der Waals surface area contributed by atoms with Crippen LogP contribution in [0.3, 0.4) is 0 Å². The van der Waals surface area contributed by atoms with Crippen LogP contribution in [-0.2, 0) is 4.74 Å². The normalized spacial score (nSPS) is 39.1. The monoisotopic (exact) mass is 238 g/mol. The van der Waals surface area contributed by atoms with E-state index in [4.69, 9.17) is 16.2 Å². The zero-order chi connectivity index (χ0) is 12.4. The first kappa shape index (κ1) is 10.7. The second kappa shape index (κ2) is 3.06. The standard InChI is InChI=1S/C10H14N4O3/c1-4-3-14(9(16)13-8(4)11)5-2-10(12)6(15)7(10)17-5/h3,5-7,15H,2,12H2,1H3,(H2,11,13,16)/t5-,6?,7-,10-/m1/s1. The summed E-state index contributed by atoms with van der Waals surface area (Å²) < 4.78 is 6.89. The number of hydrogen-bond acceptors (Lipinski definition) is 6. The largest absolute Gasteiger partial charge is 0.388 e. The molecule has 1 aliphatic heterocycles. The molecule has 2 heterocycles. The summed E-state index contributed by atoms with van der Waals surface area (Å²) in [4.78, 5) is 15.4. The Hall–Kier alpha value is -1.44. The van der Waals surface area contributed by atoms with Crippen molar-refractivity contribution in [2.75, 3.05) is 5.73 Å². The van der Waals surface area contributed by atoms with Crippen molar-refractivity contribution in [2.24, 2.45) is 5.73 Å². The highest BCUT2D eigenvalue weighted by atomic mass is 16.5. The van der Waals surface area contributed by atoms with E-state index in [1.54, 1.807) is 13.1 Å². The summed E-state index contributed by atoms with van der Waals surface area (Å²) in [5.74, 6) is 0.219. The second-order valence-electron chi connectivity index (χ2n) is 4.77. The molecule has 1 aliphatic carbocycles. The van der Waals surface area contributed by atoms with Gasteiger partial charge < -0.3 is 21.3 Å². The average molecular weight is 238 g/mol. The van der Waals surface area contributed by atoms with E-state index in [9.17, 15) is 9.90 Å². The Morgan fingerprint density at radius 3 is 3.00 bits per heavy atom. The van der Waals surface area contributed by atoms with Crippen LogP contribution < -0.4 is 17.2 Å². The van der Waals surface area contributed by atoms with Crippen LogP contribution in [0.2, 0.25) is 0 Å². The lowest BCUT2D eigenvalue weighted by atomic mass is 10.2. The Balaban J connectivity index is 1.93. The highest BCUT2D eigenvalue weighted by molar-refractivity contribution is 5.35. The minimum absolute atomic E-state index is 0.219. The third-order valence-corrected chi connectivity index (χ3v) is 3.57. The van der Waals surface area contributed by atoms with Crippen molar-refractivity contribution < 1.29 is 9.84 Å². The fraction of sp³-hybridized carbons (Fsp3) is 0.600. The molecule has 0 radical (unpaired) electrons. The van der Waals surface area contributed by atoms with E-state index in [-0.39, 0.29) is 11.9 Å². The first-order valence-corrected chi connectivity index (χ1v) is 5.41. The van der Waals surface area contributed by atoms with E-state index in [1.165, 1.54) is 4.57 Å². The van der Waals surface area contributed by atoms with E-state index >= 15 is 0 Å². The van der Waals surface area contributed by atoms with Gasteiger partial charge in [-0.05, 0) is 6.92 Å². The summed E-state index contributed by atoms with van der Waals surface area (Å²) in [5, 5.41) is 9.47. The van der Waals surface area contributed by atoms with Crippen molar-refractivity contribution in [2.45, 2.75) is 37.3 Å². The van der Waals surface area contributed by atoms with Crippen molar-refractivity contribution in [1.29, 1.82) is 0 Å². The number of aryl methyl sites for hydroxylation is 1. The number of fused-ring (bicyclic) bond motifs is 1. The fourth-order valence-electron chi connectivity index (χ4n) is 2.31. The molecule has 7 heteroatoms. The first-order valence-electron chi connectivity index (χ1n) is 5.41. The molecule has 7 nitrogen and oxygen atoms in total. The molecule has 1 unspecified atom stereocenters. The molecule has 92 valence electrons. The molecule has 3 rings (SSSR count). The molecule has 0 spiro atoms. The number of aromatic nitrogens is 2. The molecule has 0 bridgehead atoms. The van der Waals surface area contributed by atoms with E-state index in [0.717, 1.165) is 0 Å². The number of anilines is 1. The summed E-state index contributed by atoms with van der Waals surface area (Å²) in [6.07, 6.45) is 0.543. The Morgan fingerprint density at radius 1 is 1.71 bits per heavy atom. The van der Waals surface area contributed by atoms with Gasteiger partial charge in [-0.25, -0.2) is 4.79 Å². The maximum atomic E-state index is 11.7. The van der Waals surface area contributed by atoms with Crippen molar-refractivity contribution >= 4 is 5.82 Å². The van der Waals surface area contributed by atoms with Gasteiger partial charge >= 0.3 is 5.69 Å². The molecule has 0 amide bonds. The van der Waals surface area contributed by atoms with Gasteiger partial charge in [-0.15, -0.1) is 0 Å². The van der Waals surface area contributed by atoms with Crippen LogP contribution in [0.1, 0.15) is 18.2 Å². The third kappa shape index (κ3) is 1.33. The van der Waals surface area contributed by atoms with Crippen molar-refractivity contribution in [3.05, 3.63) is 22.2 Å². The zero-order valence-corrected chi connectivity index (χ0v) is 9.33. The SMILES string of the molecule is Cc1cn([C@H]2C[C@@]3(N)C(O)[C@H]3O2)c(=O)nc1N. The predicted molar refractivity (Wildman–Crippen MR) is 59.1 cm³/mol. The number of nitrogens with two attached hydrogens (primary N) is 2. The number of nitrogens with zero attached hydrogens (tertiary/aromatic N) is 2. The van der Waals surface area contributed by atoms with Gasteiger partial charge in [-0.1, -0.05) is 0 Å². The van der Waals surface area contributed by atoms with Crippen LogP contribution in [0, 0.1) is 6.92 Å². The van der Waals surface area contributed by atoms with Crippen molar-refractivity contribution in [3.8, 4) is 0 Å². The summed E-state index contributed by atoms with van der Waals surface area (Å²) in [5.41, 5.74) is 11.0. The molecule has 1 saturated carbocycles. The van der Waals surface area contributed by atoms with Gasteiger partial charge in [0.1, 0.15) is 24.3 Å². The minimum Gasteiger partial charge on any atom is -0.388 e.